The van der Waals surface area contributed by atoms with Gasteiger partial charge < -0.3 is 9.73 Å². The molecule has 0 aliphatic rings. The first-order valence-corrected chi connectivity index (χ1v) is 9.16. The summed E-state index contributed by atoms with van der Waals surface area (Å²) in [5.41, 5.74) is 2.41. The van der Waals surface area contributed by atoms with Crippen molar-refractivity contribution in [3.05, 3.63) is 108 Å². The number of hydrogen-bond donors (Lipinski definition) is 1. The molecule has 0 radical (unpaired) electrons. The molecule has 0 aliphatic carbocycles. The third-order valence-electron chi connectivity index (χ3n) is 4.50. The van der Waals surface area contributed by atoms with Crippen LogP contribution >= 0.6 is 0 Å². The van der Waals surface area contributed by atoms with E-state index in [0.29, 0.717) is 5.56 Å². The van der Waals surface area contributed by atoms with E-state index in [-0.39, 0.29) is 30.1 Å². The van der Waals surface area contributed by atoms with Gasteiger partial charge in [-0.1, -0.05) is 60.7 Å². The quantitative estimate of drug-likeness (QED) is 0.535. The van der Waals surface area contributed by atoms with E-state index in [9.17, 15) is 9.18 Å². The molecule has 1 N–H and O–H groups in total. The second-order valence-electron chi connectivity index (χ2n) is 6.48. The van der Waals surface area contributed by atoms with Crippen LogP contribution in [0.1, 0.15) is 22.9 Å². The van der Waals surface area contributed by atoms with Crippen molar-refractivity contribution in [2.75, 3.05) is 0 Å². The number of amides is 1. The lowest BCUT2D eigenvalue weighted by molar-refractivity contribution is -0.122. The molecule has 1 aromatic heterocycles. The minimum Gasteiger partial charge on any atom is -0.419 e. The molecule has 0 unspecified atom stereocenters. The fourth-order valence-electron chi connectivity index (χ4n) is 3.09. The molecule has 0 aliphatic heterocycles. The van der Waals surface area contributed by atoms with Crippen LogP contribution in [0.5, 0.6) is 0 Å². The van der Waals surface area contributed by atoms with Gasteiger partial charge in [-0.2, -0.15) is 0 Å². The summed E-state index contributed by atoms with van der Waals surface area (Å²) in [6.07, 6.45) is 0. The molecule has 29 heavy (non-hydrogen) atoms. The highest BCUT2D eigenvalue weighted by molar-refractivity contribution is 5.87. The summed E-state index contributed by atoms with van der Waals surface area (Å²) in [6, 6.07) is 24.9. The van der Waals surface area contributed by atoms with E-state index in [0.717, 1.165) is 11.1 Å². The van der Waals surface area contributed by atoms with E-state index in [4.69, 9.17) is 4.42 Å². The Kier molecular flexibility index (Phi) is 5.42. The van der Waals surface area contributed by atoms with Gasteiger partial charge in [0.2, 0.25) is 17.7 Å². The zero-order valence-electron chi connectivity index (χ0n) is 15.5. The zero-order chi connectivity index (χ0) is 20.1. The summed E-state index contributed by atoms with van der Waals surface area (Å²) < 4.78 is 18.7. The van der Waals surface area contributed by atoms with E-state index in [1.165, 1.54) is 12.1 Å². The van der Waals surface area contributed by atoms with E-state index in [1.807, 2.05) is 60.7 Å². The molecule has 0 saturated heterocycles. The molecule has 0 bridgehead atoms. The largest absolute Gasteiger partial charge is 0.419 e. The van der Waals surface area contributed by atoms with E-state index in [2.05, 4.69) is 15.5 Å². The summed E-state index contributed by atoms with van der Waals surface area (Å²) in [7, 11) is 0. The molecular weight excluding hydrogens is 369 g/mol. The average molecular weight is 387 g/mol. The highest BCUT2D eigenvalue weighted by Gasteiger charge is 2.23. The van der Waals surface area contributed by atoms with Gasteiger partial charge in [0.15, 0.2) is 0 Å². The molecule has 3 aromatic carbocycles. The highest BCUT2D eigenvalue weighted by Crippen LogP contribution is 2.25. The number of nitrogens with zero attached hydrogens (tertiary/aromatic N) is 2. The monoisotopic (exact) mass is 387 g/mol. The molecule has 6 heteroatoms. The normalized spacial score (nSPS) is 10.8. The number of aromatic nitrogens is 2. The van der Waals surface area contributed by atoms with Gasteiger partial charge in [-0.15, -0.1) is 10.2 Å². The predicted molar refractivity (Wildman–Crippen MR) is 106 cm³/mol. The zero-order valence-corrected chi connectivity index (χ0v) is 15.5. The Bertz CT molecular complexity index is 1040. The van der Waals surface area contributed by atoms with Crippen LogP contribution in [0, 0.1) is 5.82 Å². The maximum atomic E-state index is 13.1. The number of carbonyl (C=O) groups is 1. The fourth-order valence-corrected chi connectivity index (χ4v) is 3.09. The number of halogens is 1. The summed E-state index contributed by atoms with van der Waals surface area (Å²) >= 11 is 0. The second kappa shape index (κ2) is 8.48. The minimum atomic E-state index is -0.447. The Morgan fingerprint density at radius 3 is 2.03 bits per heavy atom. The van der Waals surface area contributed by atoms with Crippen LogP contribution in [-0.2, 0) is 11.3 Å². The molecule has 0 spiro atoms. The van der Waals surface area contributed by atoms with Crippen molar-refractivity contribution in [1.29, 1.82) is 0 Å². The van der Waals surface area contributed by atoms with Gasteiger partial charge >= 0.3 is 0 Å². The van der Waals surface area contributed by atoms with Gasteiger partial charge in [0.25, 0.3) is 0 Å². The number of hydrogen-bond acceptors (Lipinski definition) is 4. The Labute approximate surface area is 167 Å². The van der Waals surface area contributed by atoms with Crippen molar-refractivity contribution in [3.8, 4) is 11.5 Å². The lowest BCUT2D eigenvalue weighted by atomic mass is 9.90. The van der Waals surface area contributed by atoms with Crippen LogP contribution in [0.4, 0.5) is 4.39 Å². The van der Waals surface area contributed by atoms with Gasteiger partial charge in [-0.05, 0) is 35.4 Å². The van der Waals surface area contributed by atoms with Crippen molar-refractivity contribution in [2.24, 2.45) is 0 Å². The Morgan fingerprint density at radius 1 is 0.862 bits per heavy atom. The smallest absolute Gasteiger partial charge is 0.247 e. The summed E-state index contributed by atoms with van der Waals surface area (Å²) in [4.78, 5) is 13.0. The maximum absolute atomic E-state index is 13.1. The van der Waals surface area contributed by atoms with Crippen LogP contribution in [0.3, 0.4) is 0 Å². The molecule has 4 rings (SSSR count). The summed E-state index contributed by atoms with van der Waals surface area (Å²) in [6.45, 7) is 0.100. The topological polar surface area (TPSA) is 68.0 Å². The summed E-state index contributed by atoms with van der Waals surface area (Å²) in [5, 5.41) is 10.8. The lowest BCUT2D eigenvalue weighted by Crippen LogP contribution is -2.29. The molecule has 0 saturated carbocycles. The first kappa shape index (κ1) is 18.6. The highest BCUT2D eigenvalue weighted by atomic mass is 19.1. The van der Waals surface area contributed by atoms with Crippen molar-refractivity contribution >= 4 is 5.91 Å². The Morgan fingerprint density at radius 2 is 1.45 bits per heavy atom. The van der Waals surface area contributed by atoms with Crippen LogP contribution < -0.4 is 5.32 Å². The lowest BCUT2D eigenvalue weighted by Gasteiger charge is -2.17. The van der Waals surface area contributed by atoms with Crippen LogP contribution in [0.2, 0.25) is 0 Å². The van der Waals surface area contributed by atoms with Gasteiger partial charge in [0.1, 0.15) is 5.82 Å². The summed E-state index contributed by atoms with van der Waals surface area (Å²) in [5.74, 6) is -0.399. The molecule has 1 amide bonds. The van der Waals surface area contributed by atoms with Crippen LogP contribution in [0.25, 0.3) is 11.5 Å². The number of benzene rings is 3. The second-order valence-corrected chi connectivity index (χ2v) is 6.48. The van der Waals surface area contributed by atoms with E-state index >= 15 is 0 Å². The predicted octanol–water partition coefficient (Wildman–Crippen LogP) is 4.32. The standard InChI is InChI=1S/C23H18FN3O2/c24-19-13-11-18(12-14-19)23-27-26-20(29-23)15-25-22(28)21(16-7-3-1-4-8-16)17-9-5-2-6-10-17/h1-14,21H,15H2,(H,25,28). The molecule has 4 aromatic rings. The molecule has 5 nitrogen and oxygen atoms in total. The average Bonchev–Trinajstić information content (AvgIpc) is 3.24. The molecule has 0 fully saturated rings. The fraction of sp³-hybridized carbons (Fsp3) is 0.0870. The maximum Gasteiger partial charge on any atom is 0.247 e. The molecular formula is C23H18FN3O2. The van der Waals surface area contributed by atoms with E-state index in [1.54, 1.807) is 12.1 Å². The first-order chi connectivity index (χ1) is 14.2. The minimum absolute atomic E-state index is 0.100. The van der Waals surface area contributed by atoms with Crippen LogP contribution in [0.15, 0.2) is 89.3 Å². The molecule has 1 heterocycles. The molecule has 144 valence electrons. The van der Waals surface area contributed by atoms with Crippen molar-refractivity contribution in [3.63, 3.8) is 0 Å². The van der Waals surface area contributed by atoms with E-state index < -0.39 is 5.92 Å². The Hall–Kier alpha value is -3.80. The van der Waals surface area contributed by atoms with Crippen molar-refractivity contribution in [2.45, 2.75) is 12.5 Å². The third kappa shape index (κ3) is 4.38. The van der Waals surface area contributed by atoms with Gasteiger partial charge in [-0.3, -0.25) is 4.79 Å². The van der Waals surface area contributed by atoms with Gasteiger partial charge in [-0.25, -0.2) is 4.39 Å². The van der Waals surface area contributed by atoms with Crippen molar-refractivity contribution < 1.29 is 13.6 Å². The Balaban J connectivity index is 1.49. The number of nitrogens with one attached hydrogen (secondary N) is 1. The molecule has 0 atom stereocenters. The third-order valence-corrected chi connectivity index (χ3v) is 4.50. The number of carbonyl (C=O) groups excluding carboxylic acids is 1. The van der Waals surface area contributed by atoms with Gasteiger partial charge in [0, 0.05) is 5.56 Å². The van der Waals surface area contributed by atoms with Gasteiger partial charge in [0.05, 0.1) is 12.5 Å². The van der Waals surface area contributed by atoms with Crippen LogP contribution in [-0.4, -0.2) is 16.1 Å². The van der Waals surface area contributed by atoms with Crippen molar-refractivity contribution in [1.82, 2.24) is 15.5 Å². The SMILES string of the molecule is O=C(NCc1nnc(-c2ccc(F)cc2)o1)C(c1ccccc1)c1ccccc1. The number of rotatable bonds is 6. The first-order valence-electron chi connectivity index (χ1n) is 9.16.